The van der Waals surface area contributed by atoms with E-state index in [1.807, 2.05) is 0 Å². The van der Waals surface area contributed by atoms with E-state index in [0.717, 1.165) is 23.7 Å². The number of hydrogen-bond donors (Lipinski definition) is 1. The lowest BCUT2D eigenvalue weighted by molar-refractivity contribution is 0.222. The van der Waals surface area contributed by atoms with Gasteiger partial charge < -0.3 is 5.73 Å². The van der Waals surface area contributed by atoms with Gasteiger partial charge in [0.1, 0.15) is 0 Å². The lowest BCUT2D eigenvalue weighted by Gasteiger charge is -2.31. The van der Waals surface area contributed by atoms with Crippen LogP contribution in [0.4, 0.5) is 0 Å². The van der Waals surface area contributed by atoms with Crippen LogP contribution >= 0.6 is 12.4 Å². The van der Waals surface area contributed by atoms with Crippen molar-refractivity contribution in [3.8, 4) is 0 Å². The molecule has 1 nitrogen and oxygen atoms in total. The van der Waals surface area contributed by atoms with Gasteiger partial charge in [0.15, 0.2) is 0 Å². The molecule has 2 unspecified atom stereocenters. The van der Waals surface area contributed by atoms with Gasteiger partial charge in [0.2, 0.25) is 0 Å². The van der Waals surface area contributed by atoms with E-state index in [2.05, 4.69) is 13.8 Å². The fourth-order valence-electron chi connectivity index (χ4n) is 3.37. The molecule has 2 fully saturated rings. The largest absolute Gasteiger partial charge is 0.327 e. The molecular formula is C10H20ClN. The molecule has 0 radical (unpaired) electrons. The molecule has 2 saturated carbocycles. The molecule has 2 bridgehead atoms. The molecule has 0 aromatic rings. The maximum atomic E-state index is 6.17. The van der Waals surface area contributed by atoms with Gasteiger partial charge in [-0.05, 0) is 42.9 Å². The second kappa shape index (κ2) is 3.55. The predicted octanol–water partition coefficient (Wildman–Crippen LogP) is 2.44. The first kappa shape index (κ1) is 10.3. The van der Waals surface area contributed by atoms with Crippen LogP contribution in [-0.4, -0.2) is 6.04 Å². The van der Waals surface area contributed by atoms with E-state index in [-0.39, 0.29) is 12.4 Å². The van der Waals surface area contributed by atoms with Gasteiger partial charge in [0.05, 0.1) is 0 Å². The first-order valence-corrected chi connectivity index (χ1v) is 4.95. The minimum atomic E-state index is 0. The molecule has 2 rings (SSSR count). The fraction of sp³-hybridized carbons (Fsp3) is 1.00. The summed E-state index contributed by atoms with van der Waals surface area (Å²) in [6.07, 6.45) is 4.31. The van der Waals surface area contributed by atoms with Crippen molar-refractivity contribution in [2.75, 3.05) is 0 Å². The molecule has 72 valence electrons. The molecule has 0 spiro atoms. The summed E-state index contributed by atoms with van der Waals surface area (Å²) >= 11 is 0. The Kier molecular flexibility index (Phi) is 3.06. The SMILES string of the molecule is CC(C)[C@@H]1C2CCC(C2)[C@H]1N.Cl. The Morgan fingerprint density at radius 3 is 2.08 bits per heavy atom. The zero-order valence-corrected chi connectivity index (χ0v) is 8.81. The second-order valence-electron chi connectivity index (χ2n) is 4.73. The average molecular weight is 190 g/mol. The van der Waals surface area contributed by atoms with Gasteiger partial charge in [-0.15, -0.1) is 12.4 Å². The van der Waals surface area contributed by atoms with Gasteiger partial charge in [0, 0.05) is 6.04 Å². The highest BCUT2D eigenvalue weighted by atomic mass is 35.5. The summed E-state index contributed by atoms with van der Waals surface area (Å²) in [5.41, 5.74) is 6.17. The lowest BCUT2D eigenvalue weighted by Crippen LogP contribution is -2.38. The van der Waals surface area contributed by atoms with Gasteiger partial charge in [-0.2, -0.15) is 0 Å². The van der Waals surface area contributed by atoms with Crippen molar-refractivity contribution in [1.82, 2.24) is 0 Å². The van der Waals surface area contributed by atoms with Crippen molar-refractivity contribution in [1.29, 1.82) is 0 Å². The van der Waals surface area contributed by atoms with Crippen LogP contribution in [0, 0.1) is 23.7 Å². The van der Waals surface area contributed by atoms with Crippen molar-refractivity contribution in [3.05, 3.63) is 0 Å². The van der Waals surface area contributed by atoms with Gasteiger partial charge in [-0.1, -0.05) is 13.8 Å². The summed E-state index contributed by atoms with van der Waals surface area (Å²) in [7, 11) is 0. The first-order chi connectivity index (χ1) is 5.20. The van der Waals surface area contributed by atoms with E-state index >= 15 is 0 Å². The number of rotatable bonds is 1. The molecule has 2 N–H and O–H groups in total. The van der Waals surface area contributed by atoms with Crippen molar-refractivity contribution < 1.29 is 0 Å². The summed E-state index contributed by atoms with van der Waals surface area (Å²) in [5.74, 6) is 3.51. The Bertz CT molecular complexity index is 156. The van der Waals surface area contributed by atoms with Crippen LogP contribution in [0.1, 0.15) is 33.1 Å². The molecule has 2 aliphatic carbocycles. The van der Waals surface area contributed by atoms with E-state index in [0.29, 0.717) is 6.04 Å². The van der Waals surface area contributed by atoms with Crippen molar-refractivity contribution in [3.63, 3.8) is 0 Å². The zero-order valence-electron chi connectivity index (χ0n) is 7.99. The molecule has 2 heteroatoms. The van der Waals surface area contributed by atoms with Gasteiger partial charge in [0.25, 0.3) is 0 Å². The third kappa shape index (κ3) is 1.38. The molecule has 0 amide bonds. The summed E-state index contributed by atoms with van der Waals surface area (Å²) in [5, 5.41) is 0. The summed E-state index contributed by atoms with van der Waals surface area (Å²) < 4.78 is 0. The second-order valence-corrected chi connectivity index (χ2v) is 4.73. The van der Waals surface area contributed by atoms with Crippen LogP contribution in [0.15, 0.2) is 0 Å². The molecular weight excluding hydrogens is 170 g/mol. The predicted molar refractivity (Wildman–Crippen MR) is 54.4 cm³/mol. The third-order valence-electron chi connectivity index (χ3n) is 3.82. The Balaban J connectivity index is 0.000000720. The van der Waals surface area contributed by atoms with Crippen LogP contribution in [0.3, 0.4) is 0 Å². The van der Waals surface area contributed by atoms with Crippen LogP contribution in [-0.2, 0) is 0 Å². The quantitative estimate of drug-likeness (QED) is 0.674. The molecule has 0 aromatic heterocycles. The maximum absolute atomic E-state index is 6.17. The molecule has 0 aromatic carbocycles. The topological polar surface area (TPSA) is 26.0 Å². The Morgan fingerprint density at radius 1 is 1.17 bits per heavy atom. The summed E-state index contributed by atoms with van der Waals surface area (Å²) in [6.45, 7) is 4.65. The van der Waals surface area contributed by atoms with Crippen molar-refractivity contribution >= 4 is 12.4 Å². The molecule has 4 atom stereocenters. The van der Waals surface area contributed by atoms with E-state index in [1.165, 1.54) is 19.3 Å². The smallest absolute Gasteiger partial charge is 0.0101 e. The summed E-state index contributed by atoms with van der Waals surface area (Å²) in [6, 6.07) is 0.536. The lowest BCUT2D eigenvalue weighted by atomic mass is 9.78. The minimum Gasteiger partial charge on any atom is -0.327 e. The van der Waals surface area contributed by atoms with Crippen LogP contribution in [0.5, 0.6) is 0 Å². The van der Waals surface area contributed by atoms with Gasteiger partial charge in [-0.25, -0.2) is 0 Å². The Hall–Kier alpha value is 0.250. The highest BCUT2D eigenvalue weighted by molar-refractivity contribution is 5.85. The molecule has 12 heavy (non-hydrogen) atoms. The number of fused-ring (bicyclic) bond motifs is 2. The monoisotopic (exact) mass is 189 g/mol. The molecule has 2 aliphatic rings. The van der Waals surface area contributed by atoms with Crippen LogP contribution < -0.4 is 5.73 Å². The van der Waals surface area contributed by atoms with Crippen molar-refractivity contribution in [2.45, 2.75) is 39.2 Å². The van der Waals surface area contributed by atoms with Crippen LogP contribution in [0.2, 0.25) is 0 Å². The molecule has 0 heterocycles. The first-order valence-electron chi connectivity index (χ1n) is 4.95. The average Bonchev–Trinajstić information content (AvgIpc) is 2.44. The Labute approximate surface area is 81.5 Å². The number of hydrogen-bond acceptors (Lipinski definition) is 1. The normalized spacial score (nSPS) is 45.0. The number of halogens is 1. The van der Waals surface area contributed by atoms with E-state index < -0.39 is 0 Å². The highest BCUT2D eigenvalue weighted by Crippen LogP contribution is 2.50. The minimum absolute atomic E-state index is 0. The third-order valence-corrected chi connectivity index (χ3v) is 3.82. The van der Waals surface area contributed by atoms with E-state index in [9.17, 15) is 0 Å². The van der Waals surface area contributed by atoms with Gasteiger partial charge in [-0.3, -0.25) is 0 Å². The fourth-order valence-corrected chi connectivity index (χ4v) is 3.37. The highest BCUT2D eigenvalue weighted by Gasteiger charge is 2.46. The van der Waals surface area contributed by atoms with Gasteiger partial charge >= 0.3 is 0 Å². The van der Waals surface area contributed by atoms with E-state index in [4.69, 9.17) is 5.73 Å². The maximum Gasteiger partial charge on any atom is 0.0101 e. The van der Waals surface area contributed by atoms with E-state index in [1.54, 1.807) is 0 Å². The van der Waals surface area contributed by atoms with Crippen molar-refractivity contribution in [2.24, 2.45) is 29.4 Å². The standard InChI is InChI=1S/C10H19N.ClH/c1-6(2)9-7-3-4-8(5-7)10(9)11;/h6-10H,3-5,11H2,1-2H3;1H/t7?,8?,9-,10-;/m1./s1. The Morgan fingerprint density at radius 2 is 1.75 bits per heavy atom. The summed E-state index contributed by atoms with van der Waals surface area (Å²) in [4.78, 5) is 0. The number of nitrogens with two attached hydrogens (primary N) is 1. The molecule has 0 aliphatic heterocycles. The van der Waals surface area contributed by atoms with Crippen LogP contribution in [0.25, 0.3) is 0 Å². The zero-order chi connectivity index (χ0) is 8.01. The molecule has 0 saturated heterocycles.